The molecule has 1 aromatic carbocycles. The van der Waals surface area contributed by atoms with Crippen molar-refractivity contribution in [3.05, 3.63) is 72.3 Å². The average molecular weight is 434 g/mol. The van der Waals surface area contributed by atoms with Crippen LogP contribution in [-0.2, 0) is 6.54 Å². The number of H-pyrrole nitrogens is 1. The Morgan fingerprint density at radius 2 is 1.81 bits per heavy atom. The molecule has 1 unspecified atom stereocenters. The quantitative estimate of drug-likeness (QED) is 0.454. The molecule has 164 valence electrons. The number of aromatic nitrogens is 3. The standard InChI is InChI=1S/C25H24F2N4O/c26-24(27)23-8-7-18(11-28-23)22-13-30-25-21(22)10-19(12-29-25)17-5-3-16(4-6-17)14-31-9-1-2-20(32)15-31/h3-8,10-13,20,24,32H,1-2,9,14-15H2,(H,29,30). The molecule has 5 rings (SSSR count). The van der Waals surface area contributed by atoms with Crippen LogP contribution < -0.4 is 0 Å². The SMILES string of the molecule is OC1CCCN(Cc2ccc(-c3cnc4[nH]cc(-c5ccc(C(F)F)nc5)c4c3)cc2)C1. The highest BCUT2D eigenvalue weighted by Crippen LogP contribution is 2.31. The van der Waals surface area contributed by atoms with Crippen LogP contribution in [0, 0.1) is 0 Å². The van der Waals surface area contributed by atoms with Gasteiger partial charge in [0.25, 0.3) is 6.43 Å². The van der Waals surface area contributed by atoms with Crippen molar-refractivity contribution in [3.8, 4) is 22.3 Å². The van der Waals surface area contributed by atoms with E-state index in [9.17, 15) is 13.9 Å². The van der Waals surface area contributed by atoms with Gasteiger partial charge in [-0.3, -0.25) is 9.88 Å². The predicted molar refractivity (Wildman–Crippen MR) is 120 cm³/mol. The summed E-state index contributed by atoms with van der Waals surface area (Å²) in [4.78, 5) is 13.9. The number of piperidine rings is 1. The van der Waals surface area contributed by atoms with Crippen LogP contribution in [0.2, 0.25) is 0 Å². The third-order valence-electron chi connectivity index (χ3n) is 6.03. The molecule has 0 bridgehead atoms. The van der Waals surface area contributed by atoms with Crippen molar-refractivity contribution in [3.63, 3.8) is 0 Å². The van der Waals surface area contributed by atoms with Crippen molar-refractivity contribution in [2.45, 2.75) is 31.9 Å². The fraction of sp³-hybridized carbons (Fsp3) is 0.280. The first-order chi connectivity index (χ1) is 15.6. The summed E-state index contributed by atoms with van der Waals surface area (Å²) in [6.07, 6.45) is 4.25. The maximum atomic E-state index is 12.8. The van der Waals surface area contributed by atoms with Crippen LogP contribution in [0.25, 0.3) is 33.3 Å². The molecule has 0 spiro atoms. The number of aromatic amines is 1. The number of hydrogen-bond acceptors (Lipinski definition) is 4. The molecule has 1 aliphatic heterocycles. The molecule has 1 fully saturated rings. The lowest BCUT2D eigenvalue weighted by Gasteiger charge is -2.29. The van der Waals surface area contributed by atoms with E-state index in [1.165, 1.54) is 17.8 Å². The minimum absolute atomic E-state index is 0.224. The molecule has 0 radical (unpaired) electrons. The highest BCUT2D eigenvalue weighted by molar-refractivity contribution is 5.95. The van der Waals surface area contributed by atoms with Gasteiger partial charge in [0.1, 0.15) is 11.3 Å². The molecule has 0 aliphatic carbocycles. The molecule has 1 aliphatic rings. The van der Waals surface area contributed by atoms with Gasteiger partial charge in [0.05, 0.1) is 6.10 Å². The summed E-state index contributed by atoms with van der Waals surface area (Å²) in [5.41, 5.74) is 5.40. The van der Waals surface area contributed by atoms with Crippen molar-refractivity contribution >= 4 is 11.0 Å². The Kier molecular flexibility index (Phi) is 5.68. The van der Waals surface area contributed by atoms with Crippen LogP contribution in [-0.4, -0.2) is 44.2 Å². The topological polar surface area (TPSA) is 65.0 Å². The van der Waals surface area contributed by atoms with Gasteiger partial charge < -0.3 is 10.1 Å². The Bertz CT molecular complexity index is 1210. The molecule has 7 heteroatoms. The van der Waals surface area contributed by atoms with Crippen LogP contribution >= 0.6 is 0 Å². The van der Waals surface area contributed by atoms with Crippen molar-refractivity contribution in [1.29, 1.82) is 0 Å². The van der Waals surface area contributed by atoms with Gasteiger partial charge in [-0.1, -0.05) is 30.3 Å². The minimum atomic E-state index is -2.58. The number of hydrogen-bond donors (Lipinski definition) is 2. The van der Waals surface area contributed by atoms with Crippen LogP contribution in [0.5, 0.6) is 0 Å². The van der Waals surface area contributed by atoms with Gasteiger partial charge >= 0.3 is 0 Å². The molecule has 1 atom stereocenters. The van der Waals surface area contributed by atoms with E-state index in [1.807, 2.05) is 12.4 Å². The molecule has 2 N–H and O–H groups in total. The summed E-state index contributed by atoms with van der Waals surface area (Å²) in [5.74, 6) is 0. The van der Waals surface area contributed by atoms with E-state index >= 15 is 0 Å². The van der Waals surface area contributed by atoms with E-state index in [2.05, 4.69) is 50.2 Å². The monoisotopic (exact) mass is 434 g/mol. The molecule has 4 heterocycles. The van der Waals surface area contributed by atoms with Crippen molar-refractivity contribution in [2.24, 2.45) is 0 Å². The summed E-state index contributed by atoms with van der Waals surface area (Å²) >= 11 is 0. The molecular formula is C25H24F2N4O. The van der Waals surface area contributed by atoms with E-state index in [-0.39, 0.29) is 11.8 Å². The number of nitrogens with zero attached hydrogens (tertiary/aromatic N) is 3. The van der Waals surface area contributed by atoms with E-state index in [0.717, 1.165) is 65.8 Å². The zero-order valence-corrected chi connectivity index (χ0v) is 17.5. The highest BCUT2D eigenvalue weighted by atomic mass is 19.3. The molecule has 3 aromatic heterocycles. The largest absolute Gasteiger partial charge is 0.392 e. The first-order valence-corrected chi connectivity index (χ1v) is 10.8. The number of likely N-dealkylation sites (tertiary alicyclic amines) is 1. The normalized spacial score (nSPS) is 17.3. The third-order valence-corrected chi connectivity index (χ3v) is 6.03. The number of aliphatic hydroxyl groups is 1. The number of rotatable bonds is 5. The number of pyridine rings is 2. The van der Waals surface area contributed by atoms with Crippen LogP contribution in [0.4, 0.5) is 8.78 Å². The lowest BCUT2D eigenvalue weighted by atomic mass is 10.0. The maximum Gasteiger partial charge on any atom is 0.280 e. The molecule has 5 nitrogen and oxygen atoms in total. The Morgan fingerprint density at radius 1 is 1.03 bits per heavy atom. The molecular weight excluding hydrogens is 410 g/mol. The van der Waals surface area contributed by atoms with Gasteiger partial charge in [0, 0.05) is 53.8 Å². The predicted octanol–water partition coefficient (Wildman–Crippen LogP) is 5.19. The third kappa shape index (κ3) is 4.26. The van der Waals surface area contributed by atoms with Gasteiger partial charge in [-0.05, 0) is 42.6 Å². The number of alkyl halides is 2. The van der Waals surface area contributed by atoms with E-state index in [1.54, 1.807) is 6.07 Å². The van der Waals surface area contributed by atoms with Crippen LogP contribution in [0.15, 0.2) is 61.1 Å². The summed E-state index contributed by atoms with van der Waals surface area (Å²) in [6.45, 7) is 2.58. The van der Waals surface area contributed by atoms with Gasteiger partial charge in [0.15, 0.2) is 0 Å². The number of aliphatic hydroxyl groups excluding tert-OH is 1. The second-order valence-corrected chi connectivity index (χ2v) is 8.32. The van der Waals surface area contributed by atoms with Gasteiger partial charge in [-0.15, -0.1) is 0 Å². The van der Waals surface area contributed by atoms with Crippen molar-refractivity contribution < 1.29 is 13.9 Å². The fourth-order valence-electron chi connectivity index (χ4n) is 4.33. The number of halogens is 2. The first-order valence-electron chi connectivity index (χ1n) is 10.8. The highest BCUT2D eigenvalue weighted by Gasteiger charge is 2.17. The number of β-amino-alcohol motifs (C(OH)–C–C–N with tert-alkyl or cyclic N) is 1. The van der Waals surface area contributed by atoms with Gasteiger partial charge in [-0.25, -0.2) is 13.8 Å². The second-order valence-electron chi connectivity index (χ2n) is 8.32. The number of nitrogens with one attached hydrogen (secondary N) is 1. The Balaban J connectivity index is 1.39. The smallest absolute Gasteiger partial charge is 0.280 e. The van der Waals surface area contributed by atoms with Gasteiger partial charge in [-0.2, -0.15) is 0 Å². The summed E-state index contributed by atoms with van der Waals surface area (Å²) in [5, 5.41) is 10.8. The average Bonchev–Trinajstić information content (AvgIpc) is 3.23. The number of benzene rings is 1. The summed E-state index contributed by atoms with van der Waals surface area (Å²) < 4.78 is 25.6. The maximum absolute atomic E-state index is 12.8. The van der Waals surface area contributed by atoms with E-state index in [0.29, 0.717) is 0 Å². The Morgan fingerprint density at radius 3 is 2.53 bits per heavy atom. The first kappa shape index (κ1) is 20.7. The lowest BCUT2D eigenvalue weighted by Crippen LogP contribution is -2.37. The van der Waals surface area contributed by atoms with Gasteiger partial charge in [0.2, 0.25) is 0 Å². The lowest BCUT2D eigenvalue weighted by molar-refractivity contribution is 0.0668. The van der Waals surface area contributed by atoms with Crippen LogP contribution in [0.1, 0.15) is 30.5 Å². The molecule has 0 amide bonds. The molecule has 32 heavy (non-hydrogen) atoms. The Hall–Kier alpha value is -3.16. The minimum Gasteiger partial charge on any atom is -0.392 e. The molecule has 1 saturated heterocycles. The van der Waals surface area contributed by atoms with Crippen molar-refractivity contribution in [1.82, 2.24) is 19.9 Å². The fourth-order valence-corrected chi connectivity index (χ4v) is 4.33. The summed E-state index contributed by atoms with van der Waals surface area (Å²) in [7, 11) is 0. The van der Waals surface area contributed by atoms with Crippen molar-refractivity contribution in [2.75, 3.05) is 13.1 Å². The molecule has 0 saturated carbocycles. The molecule has 4 aromatic rings. The van der Waals surface area contributed by atoms with Crippen LogP contribution in [0.3, 0.4) is 0 Å². The van der Waals surface area contributed by atoms with E-state index < -0.39 is 6.43 Å². The summed E-state index contributed by atoms with van der Waals surface area (Å²) in [6, 6.07) is 13.5. The Labute approximate surface area is 184 Å². The zero-order chi connectivity index (χ0) is 22.1. The second kappa shape index (κ2) is 8.76. The number of fused-ring (bicyclic) bond motifs is 1. The van der Waals surface area contributed by atoms with E-state index in [4.69, 9.17) is 0 Å². The zero-order valence-electron chi connectivity index (χ0n) is 17.5.